The van der Waals surface area contributed by atoms with Crippen LogP contribution in [-0.4, -0.2) is 44.9 Å². The molecule has 1 aliphatic rings. The quantitative estimate of drug-likeness (QED) is 0.887. The third kappa shape index (κ3) is 3.22. The van der Waals surface area contributed by atoms with Crippen LogP contribution in [0.4, 0.5) is 8.78 Å². The number of nitrogens with zero attached hydrogens (tertiary/aromatic N) is 1. The third-order valence-electron chi connectivity index (χ3n) is 3.55. The van der Waals surface area contributed by atoms with Crippen molar-refractivity contribution in [2.75, 3.05) is 40.0 Å². The first-order valence-corrected chi connectivity index (χ1v) is 6.61. The molecule has 0 aliphatic carbocycles. The average molecular weight is 270 g/mol. The zero-order chi connectivity index (χ0) is 13.7. The topological polar surface area (TPSA) is 24.5 Å². The summed E-state index contributed by atoms with van der Waals surface area (Å²) in [6, 6.07) is 4.84. The fourth-order valence-corrected chi connectivity index (χ4v) is 2.57. The first kappa shape index (κ1) is 14.2. The average Bonchev–Trinajstić information content (AvgIpc) is 2.46. The second kappa shape index (κ2) is 6.82. The zero-order valence-electron chi connectivity index (χ0n) is 11.2. The largest absolute Gasteiger partial charge is 0.494 e. The summed E-state index contributed by atoms with van der Waals surface area (Å²) in [5.41, 5.74) is 0.527. The molecule has 1 fully saturated rings. The fraction of sp³-hybridized carbons (Fsp3) is 0.571. The molecule has 5 heteroatoms. The lowest BCUT2D eigenvalue weighted by Crippen LogP contribution is -2.45. The van der Waals surface area contributed by atoms with Crippen LogP contribution in [0.25, 0.3) is 0 Å². The Kier molecular flexibility index (Phi) is 5.10. The summed E-state index contributed by atoms with van der Waals surface area (Å²) in [4.78, 5) is 2.13. The minimum Gasteiger partial charge on any atom is -0.494 e. The van der Waals surface area contributed by atoms with Gasteiger partial charge in [-0.05, 0) is 12.5 Å². The minimum atomic E-state index is -0.453. The van der Waals surface area contributed by atoms with Gasteiger partial charge in [0.2, 0.25) is 0 Å². The van der Waals surface area contributed by atoms with E-state index in [1.165, 1.54) is 7.11 Å². The molecule has 0 aromatic heterocycles. The van der Waals surface area contributed by atoms with Gasteiger partial charge in [0.15, 0.2) is 11.6 Å². The molecule has 0 radical (unpaired) electrons. The Morgan fingerprint density at radius 3 is 2.74 bits per heavy atom. The molecular formula is C14H20F2N2O. The van der Waals surface area contributed by atoms with Crippen molar-refractivity contribution in [2.24, 2.45) is 0 Å². The van der Waals surface area contributed by atoms with Crippen LogP contribution >= 0.6 is 0 Å². The van der Waals surface area contributed by atoms with Crippen molar-refractivity contribution >= 4 is 0 Å². The van der Waals surface area contributed by atoms with Crippen molar-refractivity contribution in [3.8, 4) is 5.75 Å². The highest BCUT2D eigenvalue weighted by molar-refractivity contribution is 5.33. The number of hydrogen-bond donors (Lipinski definition) is 1. The van der Waals surface area contributed by atoms with E-state index in [1.54, 1.807) is 18.2 Å². The van der Waals surface area contributed by atoms with Crippen LogP contribution in [-0.2, 0) is 0 Å². The number of ether oxygens (including phenoxy) is 1. The Morgan fingerprint density at radius 2 is 2.11 bits per heavy atom. The Balaban J connectivity index is 2.27. The van der Waals surface area contributed by atoms with Crippen molar-refractivity contribution in [1.82, 2.24) is 10.2 Å². The third-order valence-corrected chi connectivity index (χ3v) is 3.55. The number of halogens is 2. The van der Waals surface area contributed by atoms with E-state index in [0.29, 0.717) is 12.0 Å². The molecule has 1 aliphatic heterocycles. The van der Waals surface area contributed by atoms with Gasteiger partial charge < -0.3 is 10.1 Å². The van der Waals surface area contributed by atoms with E-state index in [1.807, 2.05) is 0 Å². The van der Waals surface area contributed by atoms with E-state index in [9.17, 15) is 8.78 Å². The van der Waals surface area contributed by atoms with Gasteiger partial charge in [0.25, 0.3) is 0 Å². The first-order chi connectivity index (χ1) is 9.27. The molecule has 1 saturated heterocycles. The normalized spacial score (nSPS) is 18.3. The van der Waals surface area contributed by atoms with Gasteiger partial charge in [-0.2, -0.15) is 0 Å². The molecule has 0 spiro atoms. The van der Waals surface area contributed by atoms with Gasteiger partial charge >= 0.3 is 0 Å². The summed E-state index contributed by atoms with van der Waals surface area (Å²) < 4.78 is 32.1. The van der Waals surface area contributed by atoms with Crippen LogP contribution < -0.4 is 10.1 Å². The molecule has 1 heterocycles. The number of rotatable bonds is 5. The van der Waals surface area contributed by atoms with Crippen molar-refractivity contribution in [2.45, 2.75) is 12.5 Å². The van der Waals surface area contributed by atoms with Crippen LogP contribution in [0.15, 0.2) is 18.2 Å². The van der Waals surface area contributed by atoms with E-state index in [2.05, 4.69) is 10.2 Å². The highest BCUT2D eigenvalue weighted by Crippen LogP contribution is 2.31. The SMILES string of the molecule is COc1cccc([C@@H](CCF)N2CCNCC2)c1F. The summed E-state index contributed by atoms with van der Waals surface area (Å²) in [6.45, 7) is 2.87. The van der Waals surface area contributed by atoms with Crippen LogP contribution in [0.2, 0.25) is 0 Å². The van der Waals surface area contributed by atoms with Gasteiger partial charge in [0.05, 0.1) is 13.8 Å². The summed E-state index contributed by atoms with van der Waals surface area (Å²) >= 11 is 0. The number of benzene rings is 1. The van der Waals surface area contributed by atoms with E-state index < -0.39 is 6.67 Å². The lowest BCUT2D eigenvalue weighted by Gasteiger charge is -2.35. The zero-order valence-corrected chi connectivity index (χ0v) is 11.2. The van der Waals surface area contributed by atoms with Crippen molar-refractivity contribution < 1.29 is 13.5 Å². The number of piperazine rings is 1. The van der Waals surface area contributed by atoms with E-state index in [0.717, 1.165) is 26.2 Å². The molecule has 1 atom stereocenters. The highest BCUT2D eigenvalue weighted by Gasteiger charge is 2.25. The molecule has 0 amide bonds. The Bertz CT molecular complexity index is 408. The Morgan fingerprint density at radius 1 is 1.37 bits per heavy atom. The number of nitrogens with one attached hydrogen (secondary N) is 1. The fourth-order valence-electron chi connectivity index (χ4n) is 2.57. The second-order valence-corrected chi connectivity index (χ2v) is 4.64. The number of methoxy groups -OCH3 is 1. The number of hydrogen-bond acceptors (Lipinski definition) is 3. The van der Waals surface area contributed by atoms with E-state index >= 15 is 0 Å². The highest BCUT2D eigenvalue weighted by atomic mass is 19.1. The van der Waals surface area contributed by atoms with Gasteiger partial charge in [-0.25, -0.2) is 4.39 Å². The predicted octanol–water partition coefficient (Wildman–Crippen LogP) is 2.14. The summed E-state index contributed by atoms with van der Waals surface area (Å²) in [5.74, 6) is -0.154. The van der Waals surface area contributed by atoms with Gasteiger partial charge in [0.1, 0.15) is 0 Å². The summed E-state index contributed by atoms with van der Waals surface area (Å²) in [6.07, 6.45) is 0.310. The number of alkyl halides is 1. The minimum absolute atomic E-state index is 0.219. The van der Waals surface area contributed by atoms with Crippen molar-refractivity contribution in [1.29, 1.82) is 0 Å². The molecule has 0 bridgehead atoms. The smallest absolute Gasteiger partial charge is 0.169 e. The molecule has 0 unspecified atom stereocenters. The monoisotopic (exact) mass is 270 g/mol. The van der Waals surface area contributed by atoms with Crippen LogP contribution in [0.3, 0.4) is 0 Å². The molecule has 19 heavy (non-hydrogen) atoms. The molecule has 3 nitrogen and oxygen atoms in total. The first-order valence-electron chi connectivity index (χ1n) is 6.61. The van der Waals surface area contributed by atoms with Crippen LogP contribution in [0.1, 0.15) is 18.0 Å². The van der Waals surface area contributed by atoms with E-state index in [4.69, 9.17) is 4.74 Å². The lowest BCUT2D eigenvalue weighted by atomic mass is 10.0. The molecular weight excluding hydrogens is 250 g/mol. The molecule has 2 rings (SSSR count). The van der Waals surface area contributed by atoms with Gasteiger partial charge in [-0.1, -0.05) is 12.1 Å². The maximum Gasteiger partial charge on any atom is 0.169 e. The van der Waals surface area contributed by atoms with E-state index in [-0.39, 0.29) is 17.6 Å². The summed E-state index contributed by atoms with van der Waals surface area (Å²) in [5, 5.41) is 3.25. The lowest BCUT2D eigenvalue weighted by molar-refractivity contribution is 0.154. The maximum atomic E-state index is 14.3. The van der Waals surface area contributed by atoms with Crippen molar-refractivity contribution in [3.63, 3.8) is 0 Å². The van der Waals surface area contributed by atoms with Crippen LogP contribution in [0.5, 0.6) is 5.75 Å². The van der Waals surface area contributed by atoms with Crippen LogP contribution in [0, 0.1) is 5.82 Å². The summed E-state index contributed by atoms with van der Waals surface area (Å²) in [7, 11) is 1.44. The Hall–Kier alpha value is -1.20. The molecule has 106 valence electrons. The molecule has 1 N–H and O–H groups in total. The Labute approximate surface area is 112 Å². The molecule has 0 saturated carbocycles. The predicted molar refractivity (Wildman–Crippen MR) is 70.7 cm³/mol. The van der Waals surface area contributed by atoms with Gasteiger partial charge in [0, 0.05) is 37.8 Å². The van der Waals surface area contributed by atoms with Gasteiger partial charge in [-0.3, -0.25) is 9.29 Å². The maximum absolute atomic E-state index is 14.3. The molecule has 1 aromatic carbocycles. The molecule has 1 aromatic rings. The second-order valence-electron chi connectivity index (χ2n) is 4.64. The van der Waals surface area contributed by atoms with Gasteiger partial charge in [-0.15, -0.1) is 0 Å². The van der Waals surface area contributed by atoms with Crippen molar-refractivity contribution in [3.05, 3.63) is 29.6 Å². The standard InChI is InChI=1S/C14H20F2N2O/c1-19-13-4-2-3-11(14(13)16)12(5-6-15)18-9-7-17-8-10-18/h2-4,12,17H,5-10H2,1H3/t12-/m1/s1.